The van der Waals surface area contributed by atoms with Crippen LogP contribution in [0.2, 0.25) is 0 Å². The molecule has 0 unspecified atom stereocenters. The average Bonchev–Trinajstić information content (AvgIpc) is 3.16. The summed E-state index contributed by atoms with van der Waals surface area (Å²) < 4.78 is 0. The van der Waals surface area contributed by atoms with Crippen LogP contribution in [0.5, 0.6) is 0 Å². The molecule has 228 valence electrons. The number of anilines is 4. The van der Waals surface area contributed by atoms with Crippen LogP contribution in [-0.2, 0) is 0 Å². The Hall–Kier alpha value is -6.63. The van der Waals surface area contributed by atoms with Crippen molar-refractivity contribution >= 4 is 34.4 Å². The summed E-state index contributed by atoms with van der Waals surface area (Å²) in [7, 11) is 0. The van der Waals surface area contributed by atoms with Crippen LogP contribution in [0.25, 0.3) is 45.0 Å². The zero-order chi connectivity index (χ0) is 32.5. The number of nitriles is 1. The van der Waals surface area contributed by atoms with E-state index in [-0.39, 0.29) is 0 Å². The lowest BCUT2D eigenvalue weighted by molar-refractivity contribution is 1.49. The normalized spacial score (nSPS) is 11.0. The van der Waals surface area contributed by atoms with E-state index in [4.69, 9.17) is 0 Å². The van der Waals surface area contributed by atoms with Gasteiger partial charge in [0.05, 0.1) is 23.0 Å². The summed E-state index contributed by atoms with van der Waals surface area (Å²) in [5.41, 5.74) is 12.9. The first kappa shape index (κ1) is 30.0. The minimum Gasteiger partial charge on any atom is -0.354 e. The summed E-state index contributed by atoms with van der Waals surface area (Å²) in [6, 6.07) is 64.6. The molecule has 48 heavy (non-hydrogen) atoms. The fourth-order valence-electron chi connectivity index (χ4n) is 5.92. The fourth-order valence-corrected chi connectivity index (χ4v) is 5.92. The van der Waals surface area contributed by atoms with Gasteiger partial charge in [-0.05, 0) is 75.9 Å². The maximum absolute atomic E-state index is 10.5. The van der Waals surface area contributed by atoms with Crippen molar-refractivity contribution in [3.8, 4) is 39.4 Å². The highest BCUT2D eigenvalue weighted by Crippen LogP contribution is 2.39. The van der Waals surface area contributed by atoms with Crippen LogP contribution in [-0.4, -0.2) is 0 Å². The van der Waals surface area contributed by atoms with E-state index in [0.29, 0.717) is 5.57 Å². The van der Waals surface area contributed by atoms with Gasteiger partial charge in [0.15, 0.2) is 0 Å². The van der Waals surface area contributed by atoms with Gasteiger partial charge in [0, 0.05) is 22.5 Å². The van der Waals surface area contributed by atoms with Crippen molar-refractivity contribution in [1.29, 1.82) is 5.26 Å². The van der Waals surface area contributed by atoms with Gasteiger partial charge in [-0.2, -0.15) is 5.26 Å². The number of hydrogen-bond donors (Lipinski definition) is 2. The molecule has 0 aliphatic rings. The highest BCUT2D eigenvalue weighted by atomic mass is 15.0. The molecule has 3 nitrogen and oxygen atoms in total. The Morgan fingerprint density at radius 1 is 0.458 bits per heavy atom. The number of nitrogens with one attached hydrogen (secondary N) is 2. The van der Waals surface area contributed by atoms with Gasteiger partial charge in [-0.15, -0.1) is 0 Å². The molecule has 7 rings (SSSR count). The molecule has 0 aliphatic carbocycles. The summed E-state index contributed by atoms with van der Waals surface area (Å²) in [5, 5.41) is 17.8. The zero-order valence-electron chi connectivity index (χ0n) is 26.3. The predicted octanol–water partition coefficient (Wildman–Crippen LogP) is 12.2. The second-order valence-corrected chi connectivity index (χ2v) is 11.5. The Morgan fingerprint density at radius 3 is 1.62 bits per heavy atom. The average molecular weight is 616 g/mol. The Labute approximate surface area is 282 Å². The first-order valence-electron chi connectivity index (χ1n) is 16.0. The lowest BCUT2D eigenvalue weighted by Gasteiger charge is -2.18. The van der Waals surface area contributed by atoms with Gasteiger partial charge in [0.25, 0.3) is 0 Å². The second kappa shape index (κ2) is 14.2. The largest absolute Gasteiger partial charge is 0.354 e. The molecule has 0 saturated carbocycles. The third kappa shape index (κ3) is 6.79. The van der Waals surface area contributed by atoms with Crippen LogP contribution in [0.15, 0.2) is 182 Å². The van der Waals surface area contributed by atoms with Crippen molar-refractivity contribution in [2.24, 2.45) is 0 Å². The molecule has 2 N–H and O–H groups in total. The molecule has 0 fully saturated rings. The third-order valence-electron chi connectivity index (χ3n) is 8.32. The van der Waals surface area contributed by atoms with E-state index in [1.54, 1.807) is 0 Å². The van der Waals surface area contributed by atoms with E-state index < -0.39 is 0 Å². The highest BCUT2D eigenvalue weighted by molar-refractivity contribution is 5.97. The van der Waals surface area contributed by atoms with Gasteiger partial charge in [0.1, 0.15) is 0 Å². The molecular formula is C45H33N3. The fraction of sp³-hybridized carbons (Fsp3) is 0. The molecule has 0 saturated heterocycles. The molecule has 7 aromatic rings. The van der Waals surface area contributed by atoms with Crippen LogP contribution in [0, 0.1) is 11.3 Å². The Morgan fingerprint density at radius 2 is 1.00 bits per heavy atom. The zero-order valence-corrected chi connectivity index (χ0v) is 26.3. The van der Waals surface area contributed by atoms with Crippen LogP contribution < -0.4 is 10.6 Å². The highest BCUT2D eigenvalue weighted by Gasteiger charge is 2.14. The van der Waals surface area contributed by atoms with Crippen molar-refractivity contribution in [2.45, 2.75) is 0 Å². The van der Waals surface area contributed by atoms with E-state index in [1.807, 2.05) is 78.9 Å². The summed E-state index contributed by atoms with van der Waals surface area (Å²) in [6.45, 7) is 0. The van der Waals surface area contributed by atoms with Crippen LogP contribution in [0.4, 0.5) is 22.7 Å². The lowest BCUT2D eigenvalue weighted by Crippen LogP contribution is -2.00. The number of hydrogen-bond acceptors (Lipinski definition) is 3. The van der Waals surface area contributed by atoms with Gasteiger partial charge in [-0.1, -0.05) is 146 Å². The van der Waals surface area contributed by atoms with E-state index in [1.165, 1.54) is 0 Å². The maximum atomic E-state index is 10.5. The monoisotopic (exact) mass is 615 g/mol. The summed E-state index contributed by atoms with van der Waals surface area (Å²) in [4.78, 5) is 0. The number of para-hydroxylation sites is 3. The van der Waals surface area contributed by atoms with Gasteiger partial charge < -0.3 is 10.6 Å². The Balaban J connectivity index is 1.27. The molecule has 0 aromatic heterocycles. The molecule has 0 amide bonds. The van der Waals surface area contributed by atoms with Crippen molar-refractivity contribution in [3.05, 3.63) is 193 Å². The summed E-state index contributed by atoms with van der Waals surface area (Å²) in [5.74, 6) is 0. The van der Waals surface area contributed by atoms with Gasteiger partial charge in [0.2, 0.25) is 0 Å². The molecular weight excluding hydrogens is 583 g/mol. The Bertz CT molecular complexity index is 2200. The summed E-state index contributed by atoms with van der Waals surface area (Å²) >= 11 is 0. The molecule has 0 heterocycles. The topological polar surface area (TPSA) is 47.9 Å². The second-order valence-electron chi connectivity index (χ2n) is 11.5. The molecule has 3 heteroatoms. The molecule has 0 bridgehead atoms. The number of nitrogens with zero attached hydrogens (tertiary/aromatic N) is 1. The molecule has 7 aromatic carbocycles. The van der Waals surface area contributed by atoms with Crippen LogP contribution in [0.1, 0.15) is 11.1 Å². The molecule has 0 aliphatic heterocycles. The summed E-state index contributed by atoms with van der Waals surface area (Å²) in [6.07, 6.45) is 1.98. The standard InChI is InChI=1S/C45H33N3/c46-32-38(43-31-37(34-14-5-1-6-15-34)28-29-41(43)35-16-7-2-8-17-35)30-33-24-26-36(27-25-33)42-22-13-23-44(47-39-18-9-3-10-19-39)45(42)48-40-20-11-4-12-21-40/h1-31,47-48H. The minimum atomic E-state index is 0.611. The van der Waals surface area contributed by atoms with E-state index in [0.717, 1.165) is 67.3 Å². The van der Waals surface area contributed by atoms with Gasteiger partial charge in [-0.3, -0.25) is 0 Å². The van der Waals surface area contributed by atoms with E-state index in [9.17, 15) is 5.26 Å². The lowest BCUT2D eigenvalue weighted by atomic mass is 9.90. The predicted molar refractivity (Wildman–Crippen MR) is 202 cm³/mol. The van der Waals surface area contributed by atoms with Crippen molar-refractivity contribution < 1.29 is 0 Å². The van der Waals surface area contributed by atoms with Crippen LogP contribution in [0.3, 0.4) is 0 Å². The van der Waals surface area contributed by atoms with Gasteiger partial charge >= 0.3 is 0 Å². The van der Waals surface area contributed by atoms with Gasteiger partial charge in [-0.25, -0.2) is 0 Å². The minimum absolute atomic E-state index is 0.611. The third-order valence-corrected chi connectivity index (χ3v) is 8.32. The van der Waals surface area contributed by atoms with E-state index >= 15 is 0 Å². The van der Waals surface area contributed by atoms with E-state index in [2.05, 4.69) is 126 Å². The SMILES string of the molecule is N#CC(=Cc1ccc(-c2cccc(Nc3ccccc3)c2Nc2ccccc2)cc1)c1cc(-c2ccccc2)ccc1-c1ccccc1. The van der Waals surface area contributed by atoms with Crippen LogP contribution >= 0.6 is 0 Å². The molecule has 0 radical (unpaired) electrons. The van der Waals surface area contributed by atoms with Crippen molar-refractivity contribution in [2.75, 3.05) is 10.6 Å². The Kier molecular flexibility index (Phi) is 8.89. The number of allylic oxidation sites excluding steroid dienone is 1. The van der Waals surface area contributed by atoms with Crippen molar-refractivity contribution in [3.63, 3.8) is 0 Å². The quantitative estimate of drug-likeness (QED) is 0.125. The number of benzene rings is 7. The molecule has 0 spiro atoms. The number of rotatable bonds is 9. The first-order chi connectivity index (χ1) is 23.7. The smallest absolute Gasteiger partial charge is 0.0998 e. The first-order valence-corrected chi connectivity index (χ1v) is 16.0. The van der Waals surface area contributed by atoms with Crippen molar-refractivity contribution in [1.82, 2.24) is 0 Å². The molecule has 0 atom stereocenters. The maximum Gasteiger partial charge on any atom is 0.0998 e.